The van der Waals surface area contributed by atoms with Crippen LogP contribution in [0.2, 0.25) is 0 Å². The van der Waals surface area contributed by atoms with Crippen molar-refractivity contribution in [2.75, 3.05) is 12.4 Å². The van der Waals surface area contributed by atoms with Crippen LogP contribution in [0.25, 0.3) is 6.08 Å². The highest BCUT2D eigenvalue weighted by Gasteiger charge is 2.25. The van der Waals surface area contributed by atoms with Crippen molar-refractivity contribution in [1.29, 1.82) is 0 Å². The van der Waals surface area contributed by atoms with Crippen molar-refractivity contribution >= 4 is 17.7 Å². The van der Waals surface area contributed by atoms with E-state index < -0.39 is 11.9 Å². The molecule has 0 amide bonds. The van der Waals surface area contributed by atoms with Gasteiger partial charge < -0.3 is 15.2 Å². The van der Waals surface area contributed by atoms with E-state index in [1.54, 1.807) is 14.0 Å². The van der Waals surface area contributed by atoms with E-state index in [-0.39, 0.29) is 6.04 Å². The summed E-state index contributed by atoms with van der Waals surface area (Å²) in [5, 5.41) is 12.8. The largest absolute Gasteiger partial charge is 0.497 e. The van der Waals surface area contributed by atoms with Crippen molar-refractivity contribution in [2.24, 2.45) is 5.92 Å². The fraction of sp³-hybridized carbons (Fsp3) is 0.250. The first-order valence-electron chi connectivity index (χ1n) is 7.88. The number of nitrogens with one attached hydrogen (secondary N) is 1. The molecule has 0 aromatic heterocycles. The summed E-state index contributed by atoms with van der Waals surface area (Å²) >= 11 is 0. The minimum atomic E-state index is -0.832. The summed E-state index contributed by atoms with van der Waals surface area (Å²) in [7, 11) is 1.62. The Kier molecular flexibility index (Phi) is 6.01. The number of aliphatic carboxylic acids is 1. The molecule has 2 aromatic carbocycles. The van der Waals surface area contributed by atoms with E-state index >= 15 is 0 Å². The zero-order chi connectivity index (χ0) is 17.5. The minimum Gasteiger partial charge on any atom is -0.497 e. The first kappa shape index (κ1) is 17.6. The van der Waals surface area contributed by atoms with Crippen molar-refractivity contribution in [3.63, 3.8) is 0 Å². The molecule has 0 aliphatic carbocycles. The molecule has 0 fully saturated rings. The summed E-state index contributed by atoms with van der Waals surface area (Å²) in [6.45, 7) is 3.67. The van der Waals surface area contributed by atoms with E-state index in [1.807, 2.05) is 67.6 Å². The number of hydrogen-bond acceptors (Lipinski definition) is 3. The van der Waals surface area contributed by atoms with Crippen molar-refractivity contribution < 1.29 is 14.6 Å². The fourth-order valence-corrected chi connectivity index (χ4v) is 2.54. The molecule has 4 nitrogen and oxygen atoms in total. The number of carbonyl (C=O) groups is 1. The van der Waals surface area contributed by atoms with Crippen LogP contribution in [0, 0.1) is 5.92 Å². The first-order valence-corrected chi connectivity index (χ1v) is 7.88. The Hall–Kier alpha value is -2.75. The predicted octanol–water partition coefficient (Wildman–Crippen LogP) is 4.30. The standard InChI is InChI=1S/C20H23NO3/c1-14(13-16-7-5-4-6-8-16)19(15(2)20(22)23)21-17-9-11-18(24-3)12-10-17/h4-13,15,19,21H,1-3H3,(H,22,23)/b14-13+/t15-,19+/m1/s1. The highest BCUT2D eigenvalue weighted by atomic mass is 16.5. The van der Waals surface area contributed by atoms with E-state index in [0.717, 1.165) is 22.6 Å². The Balaban J connectivity index is 2.26. The van der Waals surface area contributed by atoms with Gasteiger partial charge >= 0.3 is 5.97 Å². The van der Waals surface area contributed by atoms with Gasteiger partial charge in [0.15, 0.2) is 0 Å². The molecule has 2 atom stereocenters. The molecular formula is C20H23NO3. The molecule has 2 aromatic rings. The molecule has 0 aliphatic rings. The number of rotatable bonds is 7. The van der Waals surface area contributed by atoms with Gasteiger partial charge in [0.2, 0.25) is 0 Å². The fourth-order valence-electron chi connectivity index (χ4n) is 2.54. The summed E-state index contributed by atoms with van der Waals surface area (Å²) in [5.41, 5.74) is 2.87. The molecule has 2 N–H and O–H groups in total. The lowest BCUT2D eigenvalue weighted by atomic mass is 9.93. The smallest absolute Gasteiger partial charge is 0.308 e. The van der Waals surface area contributed by atoms with Gasteiger partial charge in [-0.1, -0.05) is 36.4 Å². The van der Waals surface area contributed by atoms with Gasteiger partial charge in [-0.3, -0.25) is 4.79 Å². The summed E-state index contributed by atoms with van der Waals surface area (Å²) in [6.07, 6.45) is 2.01. The number of anilines is 1. The number of carboxylic acid groups (broad SMARTS) is 1. The normalized spacial score (nSPS) is 13.9. The molecule has 0 spiro atoms. The monoisotopic (exact) mass is 325 g/mol. The van der Waals surface area contributed by atoms with E-state index in [2.05, 4.69) is 5.32 Å². The van der Waals surface area contributed by atoms with Crippen LogP contribution in [-0.4, -0.2) is 24.2 Å². The van der Waals surface area contributed by atoms with E-state index in [4.69, 9.17) is 4.74 Å². The number of methoxy groups -OCH3 is 1. The molecular weight excluding hydrogens is 302 g/mol. The molecule has 0 saturated carbocycles. The van der Waals surface area contributed by atoms with Crippen LogP contribution in [0.3, 0.4) is 0 Å². The average Bonchev–Trinajstić information content (AvgIpc) is 2.60. The average molecular weight is 325 g/mol. The maximum atomic E-state index is 11.5. The minimum absolute atomic E-state index is 0.309. The lowest BCUT2D eigenvalue weighted by Gasteiger charge is -2.25. The lowest BCUT2D eigenvalue weighted by molar-refractivity contribution is -0.141. The number of benzene rings is 2. The van der Waals surface area contributed by atoms with Crippen molar-refractivity contribution in [3.05, 3.63) is 65.7 Å². The third-order valence-electron chi connectivity index (χ3n) is 3.99. The molecule has 0 unspecified atom stereocenters. The molecule has 0 heterocycles. The molecule has 0 aliphatic heterocycles. The SMILES string of the molecule is COc1ccc(N[C@@H](/C(C)=C/c2ccccc2)[C@@H](C)C(=O)O)cc1. The second-order valence-corrected chi connectivity index (χ2v) is 5.78. The van der Waals surface area contributed by atoms with Crippen LogP contribution in [0.1, 0.15) is 19.4 Å². The Morgan fingerprint density at radius 2 is 1.75 bits per heavy atom. The third kappa shape index (κ3) is 4.62. The number of carboxylic acids is 1. The van der Waals surface area contributed by atoms with Crippen LogP contribution in [0.15, 0.2) is 60.2 Å². The summed E-state index contributed by atoms with van der Waals surface area (Å²) < 4.78 is 5.15. The van der Waals surface area contributed by atoms with Crippen molar-refractivity contribution in [3.8, 4) is 5.75 Å². The summed E-state index contributed by atoms with van der Waals surface area (Å²) in [5.74, 6) is -0.631. The quantitative estimate of drug-likeness (QED) is 0.797. The van der Waals surface area contributed by atoms with E-state index in [1.165, 1.54) is 0 Å². The zero-order valence-electron chi connectivity index (χ0n) is 14.2. The second kappa shape index (κ2) is 8.20. The maximum Gasteiger partial charge on any atom is 0.308 e. The van der Waals surface area contributed by atoms with Crippen molar-refractivity contribution in [1.82, 2.24) is 0 Å². The number of ether oxygens (including phenoxy) is 1. The highest BCUT2D eigenvalue weighted by Crippen LogP contribution is 2.23. The predicted molar refractivity (Wildman–Crippen MR) is 97.3 cm³/mol. The Bertz CT molecular complexity index is 693. The molecule has 24 heavy (non-hydrogen) atoms. The van der Waals surface area contributed by atoms with Crippen LogP contribution >= 0.6 is 0 Å². The molecule has 0 radical (unpaired) electrons. The topological polar surface area (TPSA) is 58.6 Å². The second-order valence-electron chi connectivity index (χ2n) is 5.78. The molecule has 0 bridgehead atoms. The summed E-state index contributed by atoms with van der Waals surface area (Å²) in [6, 6.07) is 17.0. The Morgan fingerprint density at radius 1 is 1.12 bits per heavy atom. The lowest BCUT2D eigenvalue weighted by Crippen LogP contribution is -2.33. The van der Waals surface area contributed by atoms with Gasteiger partial charge in [-0.25, -0.2) is 0 Å². The maximum absolute atomic E-state index is 11.5. The molecule has 0 saturated heterocycles. The van der Waals surface area contributed by atoms with Crippen LogP contribution in [-0.2, 0) is 4.79 Å². The zero-order valence-corrected chi connectivity index (χ0v) is 14.2. The van der Waals surface area contributed by atoms with Gasteiger partial charge in [-0.2, -0.15) is 0 Å². The van der Waals surface area contributed by atoms with Gasteiger partial charge in [0, 0.05) is 5.69 Å². The van der Waals surface area contributed by atoms with E-state index in [0.29, 0.717) is 0 Å². The first-order chi connectivity index (χ1) is 11.5. The third-order valence-corrected chi connectivity index (χ3v) is 3.99. The number of hydrogen-bond donors (Lipinski definition) is 2. The van der Waals surface area contributed by atoms with Gasteiger partial charge in [-0.05, 0) is 49.2 Å². The van der Waals surface area contributed by atoms with Crippen LogP contribution in [0.5, 0.6) is 5.75 Å². The van der Waals surface area contributed by atoms with Crippen molar-refractivity contribution in [2.45, 2.75) is 19.9 Å². The van der Waals surface area contributed by atoms with Crippen LogP contribution < -0.4 is 10.1 Å². The van der Waals surface area contributed by atoms with Crippen LogP contribution in [0.4, 0.5) is 5.69 Å². The van der Waals surface area contributed by atoms with Gasteiger partial charge in [0.1, 0.15) is 5.75 Å². The van der Waals surface area contributed by atoms with Gasteiger partial charge in [0.05, 0.1) is 19.1 Å². The molecule has 4 heteroatoms. The summed E-state index contributed by atoms with van der Waals surface area (Å²) in [4.78, 5) is 11.5. The Labute approximate surface area is 142 Å². The highest BCUT2D eigenvalue weighted by molar-refractivity contribution is 5.73. The van der Waals surface area contributed by atoms with Gasteiger partial charge in [-0.15, -0.1) is 0 Å². The molecule has 126 valence electrons. The van der Waals surface area contributed by atoms with E-state index in [9.17, 15) is 9.90 Å². The molecule has 2 rings (SSSR count). The Morgan fingerprint density at radius 3 is 2.29 bits per heavy atom. The van der Waals surface area contributed by atoms with Gasteiger partial charge in [0.25, 0.3) is 0 Å².